The average Bonchev–Trinajstić information content (AvgIpc) is 2.68. The molecule has 1 aromatic carbocycles. The van der Waals surface area contributed by atoms with E-state index in [4.69, 9.17) is 15.6 Å². The highest BCUT2D eigenvalue weighted by atomic mass is 16.5. The van der Waals surface area contributed by atoms with Crippen LogP contribution in [0.4, 0.5) is 11.6 Å². The molecule has 1 heterocycles. The molecule has 6 heteroatoms. The van der Waals surface area contributed by atoms with Crippen LogP contribution in [0.2, 0.25) is 0 Å². The van der Waals surface area contributed by atoms with Crippen LogP contribution in [0.5, 0.6) is 5.88 Å². The smallest absolute Gasteiger partial charge is 0.223 e. The zero-order valence-corrected chi connectivity index (χ0v) is 16.1. The van der Waals surface area contributed by atoms with Gasteiger partial charge in [-0.25, -0.2) is 4.98 Å². The number of anilines is 2. The summed E-state index contributed by atoms with van der Waals surface area (Å²) in [5.74, 6) is 0.625. The predicted molar refractivity (Wildman–Crippen MR) is 109 cm³/mol. The normalized spacial score (nSPS) is 10.3. The number of nitrogen functional groups attached to an aromatic ring is 1. The van der Waals surface area contributed by atoms with Gasteiger partial charge in [-0.3, -0.25) is 0 Å². The predicted octanol–water partition coefficient (Wildman–Crippen LogP) is 3.47. The first-order valence-corrected chi connectivity index (χ1v) is 8.98. The van der Waals surface area contributed by atoms with E-state index in [-0.39, 0.29) is 12.6 Å². The Labute approximate surface area is 156 Å². The van der Waals surface area contributed by atoms with E-state index in [0.717, 1.165) is 24.2 Å². The molecule has 0 saturated heterocycles. The van der Waals surface area contributed by atoms with E-state index in [1.54, 1.807) is 13.2 Å². The second kappa shape index (κ2) is 11.9. The van der Waals surface area contributed by atoms with Gasteiger partial charge in [0.05, 0.1) is 19.4 Å². The lowest BCUT2D eigenvalue weighted by molar-refractivity contribution is 0.302. The second-order valence-corrected chi connectivity index (χ2v) is 5.33. The van der Waals surface area contributed by atoms with Crippen molar-refractivity contribution in [2.75, 3.05) is 37.4 Å². The van der Waals surface area contributed by atoms with Crippen LogP contribution in [0.15, 0.2) is 30.3 Å². The van der Waals surface area contributed by atoms with Crippen LogP contribution < -0.4 is 15.4 Å². The quantitative estimate of drug-likeness (QED) is 0.751. The molecule has 0 fully saturated rings. The number of aromatic nitrogens is 2. The molecule has 0 aliphatic rings. The van der Waals surface area contributed by atoms with Gasteiger partial charge in [0.1, 0.15) is 0 Å². The van der Waals surface area contributed by atoms with Crippen LogP contribution in [0.3, 0.4) is 0 Å². The maximum atomic E-state index is 9.17. The minimum atomic E-state index is 0.151. The summed E-state index contributed by atoms with van der Waals surface area (Å²) < 4.78 is 5.08. The lowest BCUT2D eigenvalue weighted by Gasteiger charge is -2.23. The van der Waals surface area contributed by atoms with Gasteiger partial charge >= 0.3 is 0 Å². The number of nitrogens with two attached hydrogens (primary N) is 1. The van der Waals surface area contributed by atoms with E-state index < -0.39 is 0 Å². The molecule has 0 amide bonds. The van der Waals surface area contributed by atoms with Crippen molar-refractivity contribution in [2.24, 2.45) is 0 Å². The number of methoxy groups -OCH3 is 1. The Hall–Kier alpha value is -2.60. The molecule has 1 aromatic heterocycles. The van der Waals surface area contributed by atoms with E-state index in [9.17, 15) is 0 Å². The Kier molecular flexibility index (Phi) is 9.79. The average molecular weight is 358 g/mol. The van der Waals surface area contributed by atoms with Crippen LogP contribution in [0.1, 0.15) is 38.4 Å². The van der Waals surface area contributed by atoms with Crippen LogP contribution >= 0.6 is 0 Å². The van der Waals surface area contributed by atoms with Crippen LogP contribution in [0, 0.1) is 0 Å². The number of aliphatic hydroxyl groups excluding tert-OH is 1. The minimum absolute atomic E-state index is 0.151. The highest BCUT2D eigenvalue weighted by molar-refractivity contribution is 5.69. The van der Waals surface area contributed by atoms with Gasteiger partial charge in [-0.15, -0.1) is 0 Å². The largest absolute Gasteiger partial charge is 0.481 e. The Morgan fingerprint density at radius 3 is 2.38 bits per heavy atom. The molecular formula is C20H30N4O2. The summed E-state index contributed by atoms with van der Waals surface area (Å²) in [5, 5.41) is 9.17. The molecule has 0 bridgehead atoms. The lowest BCUT2D eigenvalue weighted by Crippen LogP contribution is -2.27. The first-order valence-electron chi connectivity index (χ1n) is 8.98. The van der Waals surface area contributed by atoms with Crippen molar-refractivity contribution in [2.45, 2.75) is 27.2 Å². The van der Waals surface area contributed by atoms with Crippen molar-refractivity contribution in [3.63, 3.8) is 0 Å². The third-order valence-electron chi connectivity index (χ3n) is 3.52. The van der Waals surface area contributed by atoms with Crippen LogP contribution in [-0.4, -0.2) is 41.9 Å². The summed E-state index contributed by atoms with van der Waals surface area (Å²) >= 11 is 0. The van der Waals surface area contributed by atoms with E-state index in [1.807, 2.05) is 38.1 Å². The molecule has 0 saturated carbocycles. The van der Waals surface area contributed by atoms with Crippen molar-refractivity contribution in [1.82, 2.24) is 9.97 Å². The number of nitrogens with zero attached hydrogens (tertiary/aromatic N) is 3. The van der Waals surface area contributed by atoms with Gasteiger partial charge < -0.3 is 20.5 Å². The van der Waals surface area contributed by atoms with Gasteiger partial charge in [0.25, 0.3) is 0 Å². The fraction of sp³-hybridized carbons (Fsp3) is 0.400. The molecule has 2 aromatic rings. The zero-order chi connectivity index (χ0) is 19.4. The molecule has 0 aliphatic heterocycles. The van der Waals surface area contributed by atoms with E-state index in [0.29, 0.717) is 18.1 Å². The van der Waals surface area contributed by atoms with Crippen molar-refractivity contribution >= 4 is 23.8 Å². The summed E-state index contributed by atoms with van der Waals surface area (Å²) in [6.07, 6.45) is 4.87. The molecule has 6 nitrogen and oxygen atoms in total. The van der Waals surface area contributed by atoms with Crippen LogP contribution in [0.25, 0.3) is 12.2 Å². The zero-order valence-electron chi connectivity index (χ0n) is 16.1. The van der Waals surface area contributed by atoms with Crippen molar-refractivity contribution in [1.29, 1.82) is 0 Å². The first kappa shape index (κ1) is 21.4. The number of aliphatic hydroxyl groups is 1. The SMILES string of the molecule is CC.CCCN(CCO)c1ccc(/C=C/c2cc(OC)nc(N)n2)cc1. The Morgan fingerprint density at radius 1 is 1.12 bits per heavy atom. The third kappa shape index (κ3) is 6.72. The number of hydrogen-bond donors (Lipinski definition) is 2. The van der Waals surface area contributed by atoms with E-state index in [1.165, 1.54) is 0 Å². The van der Waals surface area contributed by atoms with Crippen LogP contribution in [-0.2, 0) is 0 Å². The highest BCUT2D eigenvalue weighted by Crippen LogP contribution is 2.18. The first-order chi connectivity index (χ1) is 12.7. The molecule has 0 spiro atoms. The highest BCUT2D eigenvalue weighted by Gasteiger charge is 2.04. The maximum Gasteiger partial charge on any atom is 0.223 e. The number of ether oxygens (including phenoxy) is 1. The molecule has 0 radical (unpaired) electrons. The Balaban J connectivity index is 0.00000163. The molecule has 0 unspecified atom stereocenters. The van der Waals surface area contributed by atoms with E-state index in [2.05, 4.69) is 33.9 Å². The summed E-state index contributed by atoms with van der Waals surface area (Å²) in [7, 11) is 1.54. The number of hydrogen-bond acceptors (Lipinski definition) is 6. The standard InChI is InChI=1S/C18H24N4O2.C2H6/c1-3-10-22(11-12-23)16-8-5-14(6-9-16)4-7-15-13-17(24-2)21-18(19)20-15;1-2/h4-9,13,23H,3,10-12H2,1-2H3,(H2,19,20,21);1-2H3/b7-4+;. The second-order valence-electron chi connectivity index (χ2n) is 5.33. The molecule has 142 valence electrons. The molecule has 2 rings (SSSR count). The van der Waals surface area contributed by atoms with Gasteiger partial charge in [0, 0.05) is 24.8 Å². The fourth-order valence-corrected chi connectivity index (χ4v) is 2.39. The molecule has 26 heavy (non-hydrogen) atoms. The molecule has 3 N–H and O–H groups in total. The molecule has 0 atom stereocenters. The summed E-state index contributed by atoms with van der Waals surface area (Å²) in [6, 6.07) is 9.91. The third-order valence-corrected chi connectivity index (χ3v) is 3.52. The van der Waals surface area contributed by atoms with Crippen molar-refractivity contribution in [3.05, 3.63) is 41.6 Å². The van der Waals surface area contributed by atoms with Crippen molar-refractivity contribution < 1.29 is 9.84 Å². The maximum absolute atomic E-state index is 9.17. The topological polar surface area (TPSA) is 84.5 Å². The molecular weight excluding hydrogens is 328 g/mol. The summed E-state index contributed by atoms with van der Waals surface area (Å²) in [4.78, 5) is 10.3. The molecule has 0 aliphatic carbocycles. The monoisotopic (exact) mass is 358 g/mol. The number of benzene rings is 1. The Morgan fingerprint density at radius 2 is 1.81 bits per heavy atom. The number of rotatable bonds is 8. The van der Waals surface area contributed by atoms with Gasteiger partial charge in [-0.1, -0.05) is 39.0 Å². The Bertz CT molecular complexity index is 666. The van der Waals surface area contributed by atoms with E-state index >= 15 is 0 Å². The van der Waals surface area contributed by atoms with Gasteiger partial charge in [0.2, 0.25) is 11.8 Å². The fourth-order valence-electron chi connectivity index (χ4n) is 2.39. The summed E-state index contributed by atoms with van der Waals surface area (Å²) in [5.41, 5.74) is 8.50. The van der Waals surface area contributed by atoms with Gasteiger partial charge in [-0.2, -0.15) is 4.98 Å². The van der Waals surface area contributed by atoms with Crippen molar-refractivity contribution in [3.8, 4) is 5.88 Å². The van der Waals surface area contributed by atoms with Gasteiger partial charge in [-0.05, 0) is 30.2 Å². The lowest BCUT2D eigenvalue weighted by atomic mass is 10.1. The summed E-state index contributed by atoms with van der Waals surface area (Å²) in [6.45, 7) is 7.85. The minimum Gasteiger partial charge on any atom is -0.481 e. The van der Waals surface area contributed by atoms with Gasteiger partial charge in [0.15, 0.2) is 0 Å².